The monoisotopic (exact) mass is 312 g/mol. The maximum Gasteiger partial charge on any atom is 0.191 e. The van der Waals surface area contributed by atoms with Gasteiger partial charge in [-0.15, -0.1) is 0 Å². The van der Waals surface area contributed by atoms with E-state index in [1.54, 1.807) is 0 Å². The molecule has 0 saturated carbocycles. The van der Waals surface area contributed by atoms with E-state index < -0.39 is 0 Å². The first-order valence-corrected chi connectivity index (χ1v) is 8.95. The highest BCUT2D eigenvalue weighted by atomic mass is 16.5. The van der Waals surface area contributed by atoms with Crippen LogP contribution in [0.25, 0.3) is 0 Å². The maximum absolute atomic E-state index is 5.36. The van der Waals surface area contributed by atoms with Crippen molar-refractivity contribution in [2.45, 2.75) is 59.5 Å². The van der Waals surface area contributed by atoms with Gasteiger partial charge in [-0.2, -0.15) is 0 Å². The quantitative estimate of drug-likeness (QED) is 0.389. The van der Waals surface area contributed by atoms with Gasteiger partial charge in [0.25, 0.3) is 0 Å². The Hall–Kier alpha value is -0.810. The van der Waals surface area contributed by atoms with Gasteiger partial charge in [-0.05, 0) is 46.5 Å². The Balaban J connectivity index is 2.39. The second kappa shape index (κ2) is 10.8. The van der Waals surface area contributed by atoms with E-state index in [0.717, 1.165) is 51.6 Å². The minimum Gasteiger partial charge on any atom is -0.382 e. The third kappa shape index (κ3) is 6.97. The molecule has 2 atom stereocenters. The van der Waals surface area contributed by atoms with Crippen LogP contribution in [0.5, 0.6) is 0 Å². The van der Waals surface area contributed by atoms with Crippen LogP contribution in [-0.2, 0) is 4.74 Å². The first kappa shape index (κ1) is 19.2. The number of rotatable bonds is 9. The number of hydrogen-bond donors (Lipinski definition) is 2. The van der Waals surface area contributed by atoms with Crippen LogP contribution < -0.4 is 10.6 Å². The van der Waals surface area contributed by atoms with Crippen LogP contribution in [-0.4, -0.2) is 62.3 Å². The molecule has 0 amide bonds. The highest BCUT2D eigenvalue weighted by molar-refractivity contribution is 5.80. The van der Waals surface area contributed by atoms with Crippen LogP contribution >= 0.6 is 0 Å². The Bertz CT molecular complexity index is 320. The lowest BCUT2D eigenvalue weighted by atomic mass is 10.1. The van der Waals surface area contributed by atoms with E-state index >= 15 is 0 Å². The summed E-state index contributed by atoms with van der Waals surface area (Å²) in [5.41, 5.74) is 0. The molecule has 1 aliphatic rings. The summed E-state index contributed by atoms with van der Waals surface area (Å²) in [5.74, 6) is 1.62. The Morgan fingerprint density at radius 1 is 1.27 bits per heavy atom. The predicted octanol–water partition coefficient (Wildman–Crippen LogP) is 2.09. The molecule has 0 aromatic heterocycles. The van der Waals surface area contributed by atoms with Gasteiger partial charge in [0.2, 0.25) is 0 Å². The fourth-order valence-corrected chi connectivity index (χ4v) is 2.76. The third-order valence-electron chi connectivity index (χ3n) is 4.21. The summed E-state index contributed by atoms with van der Waals surface area (Å²) >= 11 is 0. The van der Waals surface area contributed by atoms with Crippen LogP contribution in [0.1, 0.15) is 47.5 Å². The van der Waals surface area contributed by atoms with Gasteiger partial charge >= 0.3 is 0 Å². The van der Waals surface area contributed by atoms with Gasteiger partial charge in [0, 0.05) is 51.5 Å². The number of nitrogens with zero attached hydrogens (tertiary/aromatic N) is 2. The highest BCUT2D eigenvalue weighted by Gasteiger charge is 2.31. The van der Waals surface area contributed by atoms with Crippen LogP contribution in [0.4, 0.5) is 0 Å². The zero-order chi connectivity index (χ0) is 16.4. The largest absolute Gasteiger partial charge is 0.382 e. The van der Waals surface area contributed by atoms with Gasteiger partial charge in [0.15, 0.2) is 5.96 Å². The first-order valence-electron chi connectivity index (χ1n) is 8.95. The van der Waals surface area contributed by atoms with E-state index in [4.69, 9.17) is 9.73 Å². The van der Waals surface area contributed by atoms with Crippen molar-refractivity contribution in [2.75, 3.05) is 39.4 Å². The molecule has 2 unspecified atom stereocenters. The van der Waals surface area contributed by atoms with E-state index in [2.05, 4.69) is 43.2 Å². The summed E-state index contributed by atoms with van der Waals surface area (Å²) in [4.78, 5) is 7.23. The lowest BCUT2D eigenvalue weighted by Gasteiger charge is -2.21. The molecule has 1 rings (SSSR count). The Labute approximate surface area is 136 Å². The molecule has 0 spiro atoms. The van der Waals surface area contributed by atoms with Gasteiger partial charge in [-0.3, -0.25) is 9.89 Å². The molecule has 5 nitrogen and oxygen atoms in total. The van der Waals surface area contributed by atoms with Crippen molar-refractivity contribution >= 4 is 5.96 Å². The zero-order valence-corrected chi connectivity index (χ0v) is 15.2. The smallest absolute Gasteiger partial charge is 0.191 e. The summed E-state index contributed by atoms with van der Waals surface area (Å²) in [6, 6.07) is 1.11. The number of unbranched alkanes of at least 4 members (excludes halogenated alkanes) is 1. The summed E-state index contributed by atoms with van der Waals surface area (Å²) in [6.45, 7) is 16.7. The predicted molar refractivity (Wildman–Crippen MR) is 94.5 cm³/mol. The standard InChI is InChI=1S/C17H36N4O/c1-6-18-17(19-10-8-9-11-22-7-2)20-16-13-21(14(3)4)12-15(16)5/h14-16H,6-13H2,1-5H3,(H2,18,19,20). The van der Waals surface area contributed by atoms with Crippen molar-refractivity contribution in [1.82, 2.24) is 15.5 Å². The van der Waals surface area contributed by atoms with E-state index in [0.29, 0.717) is 18.0 Å². The molecule has 0 aliphatic carbocycles. The van der Waals surface area contributed by atoms with Gasteiger partial charge in [-0.25, -0.2) is 0 Å². The molecule has 130 valence electrons. The van der Waals surface area contributed by atoms with Crippen LogP contribution in [0, 0.1) is 5.92 Å². The lowest BCUT2D eigenvalue weighted by Crippen LogP contribution is -2.46. The fraction of sp³-hybridized carbons (Fsp3) is 0.941. The molecule has 1 heterocycles. The molecule has 0 aromatic rings. The van der Waals surface area contributed by atoms with Gasteiger partial charge in [-0.1, -0.05) is 6.92 Å². The number of nitrogens with one attached hydrogen (secondary N) is 2. The minimum atomic E-state index is 0.489. The average Bonchev–Trinajstić information content (AvgIpc) is 2.84. The van der Waals surface area contributed by atoms with Crippen molar-refractivity contribution in [3.05, 3.63) is 0 Å². The Morgan fingerprint density at radius 3 is 2.64 bits per heavy atom. The van der Waals surface area contributed by atoms with Gasteiger partial charge < -0.3 is 15.4 Å². The van der Waals surface area contributed by atoms with Crippen LogP contribution in [0.3, 0.4) is 0 Å². The molecule has 2 N–H and O–H groups in total. The van der Waals surface area contributed by atoms with Crippen molar-refractivity contribution in [1.29, 1.82) is 0 Å². The van der Waals surface area contributed by atoms with E-state index in [9.17, 15) is 0 Å². The summed E-state index contributed by atoms with van der Waals surface area (Å²) in [7, 11) is 0. The SMILES string of the molecule is CCNC(=NCCCCOCC)NC1CN(C(C)C)CC1C. The number of likely N-dealkylation sites (tertiary alicyclic amines) is 1. The van der Waals surface area contributed by atoms with Crippen LogP contribution in [0.15, 0.2) is 4.99 Å². The minimum absolute atomic E-state index is 0.489. The highest BCUT2D eigenvalue weighted by Crippen LogP contribution is 2.18. The van der Waals surface area contributed by atoms with E-state index in [1.165, 1.54) is 6.54 Å². The molecule has 0 aromatic carbocycles. The van der Waals surface area contributed by atoms with Crippen molar-refractivity contribution in [3.8, 4) is 0 Å². The number of aliphatic imine (C=N–C) groups is 1. The second-order valence-corrected chi connectivity index (χ2v) is 6.44. The van der Waals surface area contributed by atoms with Crippen molar-refractivity contribution in [2.24, 2.45) is 10.9 Å². The molecule has 0 radical (unpaired) electrons. The Kier molecular flexibility index (Phi) is 9.48. The van der Waals surface area contributed by atoms with Crippen LogP contribution in [0.2, 0.25) is 0 Å². The molecule has 1 fully saturated rings. The number of ether oxygens (including phenoxy) is 1. The van der Waals surface area contributed by atoms with Gasteiger partial charge in [0.05, 0.1) is 0 Å². The summed E-state index contributed by atoms with van der Waals surface area (Å²) in [5, 5.41) is 6.98. The first-order chi connectivity index (χ1) is 10.6. The van der Waals surface area contributed by atoms with Crippen molar-refractivity contribution in [3.63, 3.8) is 0 Å². The van der Waals surface area contributed by atoms with Crippen molar-refractivity contribution < 1.29 is 4.74 Å². The topological polar surface area (TPSA) is 48.9 Å². The molecular weight excluding hydrogens is 276 g/mol. The zero-order valence-electron chi connectivity index (χ0n) is 15.2. The Morgan fingerprint density at radius 2 is 2.05 bits per heavy atom. The summed E-state index contributed by atoms with van der Waals surface area (Å²) in [6.07, 6.45) is 2.16. The lowest BCUT2D eigenvalue weighted by molar-refractivity contribution is 0.144. The van der Waals surface area contributed by atoms with Gasteiger partial charge in [0.1, 0.15) is 0 Å². The number of hydrogen-bond acceptors (Lipinski definition) is 3. The molecule has 1 aliphatic heterocycles. The molecule has 0 bridgehead atoms. The van der Waals surface area contributed by atoms with E-state index in [-0.39, 0.29) is 0 Å². The molecule has 5 heteroatoms. The normalized spacial score (nSPS) is 23.3. The van der Waals surface area contributed by atoms with E-state index in [1.807, 2.05) is 6.92 Å². The summed E-state index contributed by atoms with van der Waals surface area (Å²) < 4.78 is 5.36. The molecular formula is C17H36N4O. The maximum atomic E-state index is 5.36. The third-order valence-corrected chi connectivity index (χ3v) is 4.21. The molecule has 22 heavy (non-hydrogen) atoms. The fourth-order valence-electron chi connectivity index (χ4n) is 2.76. The molecule has 1 saturated heterocycles. The number of guanidine groups is 1. The second-order valence-electron chi connectivity index (χ2n) is 6.44. The average molecular weight is 313 g/mol.